The van der Waals surface area contributed by atoms with Gasteiger partial charge in [-0.2, -0.15) is 0 Å². The Hall–Kier alpha value is -0.794. The Morgan fingerprint density at radius 2 is 0.769 bits per heavy atom. The van der Waals surface area contributed by atoms with E-state index in [1.54, 1.807) is 0 Å². The smallest absolute Gasteiger partial charge is 0 e. The molecule has 0 bridgehead atoms. The molecule has 0 heterocycles. The molecule has 0 spiro atoms. The first-order valence-corrected chi connectivity index (χ1v) is 4.07. The molecule has 0 unspecified atom stereocenters. The summed E-state index contributed by atoms with van der Waals surface area (Å²) in [4.78, 5) is 0. The van der Waals surface area contributed by atoms with E-state index in [1.165, 1.54) is 11.1 Å². The molecule has 0 aliphatic heterocycles. The number of hydrogen-bond donors (Lipinski definition) is 0. The van der Waals surface area contributed by atoms with Gasteiger partial charge in [0.15, 0.2) is 0 Å². The molecule has 0 atom stereocenters. The standard InChI is InChI=1S/C12H10.Mg/c1-3-7-11(8-4-1)12-9-5-2-6-10-12;/h1-10H;. The summed E-state index contributed by atoms with van der Waals surface area (Å²) in [6, 6.07) is 20.8. The lowest BCUT2D eigenvalue weighted by atomic mass is 10.1. The molecule has 0 aliphatic rings. The molecule has 0 nitrogen and oxygen atoms in total. The minimum atomic E-state index is 0. The van der Waals surface area contributed by atoms with E-state index in [0.717, 1.165) is 0 Å². The van der Waals surface area contributed by atoms with E-state index in [-0.39, 0.29) is 23.1 Å². The molecule has 0 fully saturated rings. The van der Waals surface area contributed by atoms with Crippen molar-refractivity contribution >= 4 is 23.1 Å². The summed E-state index contributed by atoms with van der Waals surface area (Å²) in [7, 11) is 0. The maximum Gasteiger partial charge on any atom is 0 e. The molecule has 2 aromatic rings. The van der Waals surface area contributed by atoms with Crippen LogP contribution in [0.1, 0.15) is 0 Å². The summed E-state index contributed by atoms with van der Waals surface area (Å²) in [6.07, 6.45) is 0. The third-order valence-corrected chi connectivity index (χ3v) is 1.88. The lowest BCUT2D eigenvalue weighted by Gasteiger charge is -1.98. The third kappa shape index (κ3) is 2.57. The van der Waals surface area contributed by atoms with Gasteiger partial charge in [-0.1, -0.05) is 60.7 Å². The van der Waals surface area contributed by atoms with E-state index in [0.29, 0.717) is 0 Å². The SMILES string of the molecule is [Mg].c1ccc(-c2ccccc2)cc1. The van der Waals surface area contributed by atoms with Gasteiger partial charge in [0.05, 0.1) is 0 Å². The van der Waals surface area contributed by atoms with Crippen molar-refractivity contribution in [3.8, 4) is 11.1 Å². The molecule has 1 heteroatoms. The first kappa shape index (κ1) is 10.3. The van der Waals surface area contributed by atoms with Crippen LogP contribution in [-0.2, 0) is 0 Å². The van der Waals surface area contributed by atoms with E-state index in [2.05, 4.69) is 48.5 Å². The van der Waals surface area contributed by atoms with E-state index in [1.807, 2.05) is 12.1 Å². The Kier molecular flexibility index (Phi) is 4.00. The Morgan fingerprint density at radius 3 is 1.08 bits per heavy atom. The molecule has 0 N–H and O–H groups in total. The number of benzene rings is 2. The average molecular weight is 179 g/mol. The predicted molar refractivity (Wildman–Crippen MR) is 57.6 cm³/mol. The van der Waals surface area contributed by atoms with Gasteiger partial charge in [-0.05, 0) is 11.1 Å². The monoisotopic (exact) mass is 178 g/mol. The minimum absolute atomic E-state index is 0. The fraction of sp³-hybridized carbons (Fsp3) is 0. The van der Waals surface area contributed by atoms with E-state index in [4.69, 9.17) is 0 Å². The topological polar surface area (TPSA) is 0 Å². The molecular formula is C12H10Mg. The summed E-state index contributed by atoms with van der Waals surface area (Å²) >= 11 is 0. The second-order valence-electron chi connectivity index (χ2n) is 2.73. The average Bonchev–Trinajstić information content (AvgIpc) is 2.21. The molecular weight excluding hydrogens is 168 g/mol. The summed E-state index contributed by atoms with van der Waals surface area (Å²) in [5.41, 5.74) is 2.55. The first-order valence-electron chi connectivity index (χ1n) is 4.07. The highest BCUT2D eigenvalue weighted by atomic mass is 24.3. The molecule has 0 saturated heterocycles. The zero-order valence-electron chi connectivity index (χ0n) is 7.48. The highest BCUT2D eigenvalue weighted by Gasteiger charge is 1.91. The maximum atomic E-state index is 2.12. The van der Waals surface area contributed by atoms with Crippen molar-refractivity contribution in [2.24, 2.45) is 0 Å². The van der Waals surface area contributed by atoms with Crippen LogP contribution < -0.4 is 0 Å². The van der Waals surface area contributed by atoms with Gasteiger partial charge in [-0.25, -0.2) is 0 Å². The van der Waals surface area contributed by atoms with Crippen molar-refractivity contribution in [1.82, 2.24) is 0 Å². The largest absolute Gasteiger partial charge is 0.0622 e. The normalized spacial score (nSPS) is 8.92. The van der Waals surface area contributed by atoms with Crippen molar-refractivity contribution in [3.63, 3.8) is 0 Å². The molecule has 0 aliphatic carbocycles. The lowest BCUT2D eigenvalue weighted by molar-refractivity contribution is 1.62. The molecule has 60 valence electrons. The van der Waals surface area contributed by atoms with Gasteiger partial charge in [-0.15, -0.1) is 0 Å². The van der Waals surface area contributed by atoms with Gasteiger partial charge in [0.1, 0.15) is 0 Å². The van der Waals surface area contributed by atoms with Gasteiger partial charge in [0.2, 0.25) is 0 Å². The minimum Gasteiger partial charge on any atom is -0.0622 e. The summed E-state index contributed by atoms with van der Waals surface area (Å²) in [5.74, 6) is 0. The molecule has 2 rings (SSSR count). The molecule has 0 aromatic heterocycles. The molecule has 2 radical (unpaired) electrons. The van der Waals surface area contributed by atoms with Crippen LogP contribution in [-0.4, -0.2) is 23.1 Å². The van der Waals surface area contributed by atoms with Gasteiger partial charge in [0.25, 0.3) is 0 Å². The summed E-state index contributed by atoms with van der Waals surface area (Å²) in [5, 5.41) is 0. The van der Waals surface area contributed by atoms with E-state index in [9.17, 15) is 0 Å². The van der Waals surface area contributed by atoms with Crippen LogP contribution in [0.2, 0.25) is 0 Å². The molecule has 0 saturated carbocycles. The Balaban J connectivity index is 0.000000845. The second kappa shape index (κ2) is 5.05. The van der Waals surface area contributed by atoms with Crippen LogP contribution in [0.5, 0.6) is 0 Å². The Labute approximate surface area is 94.8 Å². The van der Waals surface area contributed by atoms with Crippen molar-refractivity contribution in [2.45, 2.75) is 0 Å². The molecule has 0 amide bonds. The number of hydrogen-bond acceptors (Lipinski definition) is 0. The zero-order valence-corrected chi connectivity index (χ0v) is 8.89. The first-order chi connectivity index (χ1) is 5.97. The van der Waals surface area contributed by atoms with Crippen LogP contribution in [0.3, 0.4) is 0 Å². The van der Waals surface area contributed by atoms with E-state index < -0.39 is 0 Å². The second-order valence-corrected chi connectivity index (χ2v) is 2.73. The predicted octanol–water partition coefficient (Wildman–Crippen LogP) is 2.97. The van der Waals surface area contributed by atoms with Crippen LogP contribution in [0.15, 0.2) is 60.7 Å². The zero-order chi connectivity index (χ0) is 8.23. The maximum absolute atomic E-state index is 2.12. The summed E-state index contributed by atoms with van der Waals surface area (Å²) < 4.78 is 0. The third-order valence-electron chi connectivity index (χ3n) is 1.88. The number of rotatable bonds is 1. The van der Waals surface area contributed by atoms with Gasteiger partial charge in [0, 0.05) is 23.1 Å². The van der Waals surface area contributed by atoms with Crippen LogP contribution >= 0.6 is 0 Å². The van der Waals surface area contributed by atoms with E-state index >= 15 is 0 Å². The quantitative estimate of drug-likeness (QED) is 0.589. The van der Waals surface area contributed by atoms with Crippen LogP contribution in [0.4, 0.5) is 0 Å². The van der Waals surface area contributed by atoms with Crippen molar-refractivity contribution in [3.05, 3.63) is 60.7 Å². The van der Waals surface area contributed by atoms with Crippen LogP contribution in [0, 0.1) is 0 Å². The van der Waals surface area contributed by atoms with Crippen molar-refractivity contribution in [1.29, 1.82) is 0 Å². The molecule has 2 aromatic carbocycles. The van der Waals surface area contributed by atoms with Crippen molar-refractivity contribution < 1.29 is 0 Å². The Morgan fingerprint density at radius 1 is 0.462 bits per heavy atom. The highest BCUT2D eigenvalue weighted by Crippen LogP contribution is 2.17. The summed E-state index contributed by atoms with van der Waals surface area (Å²) in [6.45, 7) is 0. The van der Waals surface area contributed by atoms with Gasteiger partial charge in [-0.3, -0.25) is 0 Å². The van der Waals surface area contributed by atoms with Crippen molar-refractivity contribution in [2.75, 3.05) is 0 Å². The lowest BCUT2D eigenvalue weighted by Crippen LogP contribution is -1.73. The van der Waals surface area contributed by atoms with Crippen LogP contribution in [0.25, 0.3) is 11.1 Å². The highest BCUT2D eigenvalue weighted by molar-refractivity contribution is 5.75. The fourth-order valence-corrected chi connectivity index (χ4v) is 1.26. The van der Waals surface area contributed by atoms with Gasteiger partial charge >= 0.3 is 0 Å². The fourth-order valence-electron chi connectivity index (χ4n) is 1.26. The Bertz CT molecular complexity index is 303. The molecule has 13 heavy (non-hydrogen) atoms. The van der Waals surface area contributed by atoms with Gasteiger partial charge < -0.3 is 0 Å².